The molecular formula is C21H29N3O4. The van der Waals surface area contributed by atoms with Crippen molar-refractivity contribution >= 4 is 0 Å². The number of methoxy groups -OCH3 is 1. The van der Waals surface area contributed by atoms with Gasteiger partial charge in [0, 0.05) is 18.2 Å². The molecule has 0 saturated heterocycles. The normalized spacial score (nSPS) is 24.4. The molecule has 2 fully saturated rings. The molecule has 0 atom stereocenters. The van der Waals surface area contributed by atoms with Crippen molar-refractivity contribution in [2.75, 3.05) is 13.7 Å². The van der Waals surface area contributed by atoms with Crippen LogP contribution >= 0.6 is 0 Å². The van der Waals surface area contributed by atoms with E-state index in [2.05, 4.69) is 15.0 Å². The van der Waals surface area contributed by atoms with Crippen LogP contribution in [0.3, 0.4) is 0 Å². The fraction of sp³-hybridized carbons (Fsp3) is 0.667. The molecule has 152 valence electrons. The Hall–Kier alpha value is -1.99. The van der Waals surface area contributed by atoms with Gasteiger partial charge in [0.15, 0.2) is 0 Å². The molecule has 4 rings (SSSR count). The molecule has 0 aromatic carbocycles. The van der Waals surface area contributed by atoms with Gasteiger partial charge in [-0.1, -0.05) is 12.8 Å². The van der Waals surface area contributed by atoms with Crippen LogP contribution in [0.4, 0.5) is 0 Å². The van der Waals surface area contributed by atoms with Gasteiger partial charge < -0.3 is 19.0 Å². The van der Waals surface area contributed by atoms with Crippen LogP contribution in [0.1, 0.15) is 74.7 Å². The Bertz CT molecular complexity index is 765. The maximum Gasteiger partial charge on any atom is 0.216 e. The molecule has 0 aliphatic heterocycles. The van der Waals surface area contributed by atoms with Crippen molar-refractivity contribution in [2.24, 2.45) is 0 Å². The molecule has 2 aliphatic carbocycles. The van der Waals surface area contributed by atoms with Crippen LogP contribution < -0.4 is 4.74 Å². The summed E-state index contributed by atoms with van der Waals surface area (Å²) in [6.07, 6.45) is 12.1. The Morgan fingerprint density at radius 2 is 1.96 bits per heavy atom. The van der Waals surface area contributed by atoms with Gasteiger partial charge >= 0.3 is 0 Å². The highest BCUT2D eigenvalue weighted by molar-refractivity contribution is 5.12. The summed E-state index contributed by atoms with van der Waals surface area (Å²) < 4.78 is 17.3. The van der Waals surface area contributed by atoms with E-state index in [1.807, 2.05) is 0 Å². The van der Waals surface area contributed by atoms with Gasteiger partial charge in [0.05, 0.1) is 31.8 Å². The Balaban J connectivity index is 1.34. The predicted octanol–water partition coefficient (Wildman–Crippen LogP) is 3.52. The van der Waals surface area contributed by atoms with Crippen LogP contribution in [-0.4, -0.2) is 39.9 Å². The quantitative estimate of drug-likeness (QED) is 0.777. The molecule has 28 heavy (non-hydrogen) atoms. The maximum absolute atomic E-state index is 9.29. The number of ether oxygens (including phenoxy) is 2. The molecule has 0 bridgehead atoms. The second kappa shape index (κ2) is 8.57. The molecule has 7 nitrogen and oxygen atoms in total. The zero-order valence-electron chi connectivity index (χ0n) is 16.5. The monoisotopic (exact) mass is 387 g/mol. The van der Waals surface area contributed by atoms with Crippen LogP contribution in [0.25, 0.3) is 0 Å². The van der Waals surface area contributed by atoms with E-state index in [1.54, 1.807) is 25.6 Å². The third-order valence-electron chi connectivity index (χ3n) is 6.22. The first kappa shape index (κ1) is 19.3. The molecule has 0 radical (unpaired) electrons. The predicted molar refractivity (Wildman–Crippen MR) is 102 cm³/mol. The van der Waals surface area contributed by atoms with E-state index >= 15 is 0 Å². The first-order chi connectivity index (χ1) is 13.7. The molecule has 2 heterocycles. The van der Waals surface area contributed by atoms with Crippen LogP contribution in [0.2, 0.25) is 0 Å². The average Bonchev–Trinajstić information content (AvgIpc) is 3.43. The van der Waals surface area contributed by atoms with Crippen molar-refractivity contribution in [1.82, 2.24) is 15.0 Å². The number of aliphatic hydroxyl groups is 1. The van der Waals surface area contributed by atoms with E-state index in [9.17, 15) is 5.11 Å². The number of aromatic nitrogens is 3. The van der Waals surface area contributed by atoms with Gasteiger partial charge in [0.2, 0.25) is 11.8 Å². The number of hydrogen-bond acceptors (Lipinski definition) is 7. The van der Waals surface area contributed by atoms with E-state index in [1.165, 1.54) is 12.8 Å². The lowest BCUT2D eigenvalue weighted by Crippen LogP contribution is -2.33. The van der Waals surface area contributed by atoms with E-state index in [0.29, 0.717) is 24.1 Å². The molecule has 0 amide bonds. The summed E-state index contributed by atoms with van der Waals surface area (Å²) >= 11 is 0. The highest BCUT2D eigenvalue weighted by atomic mass is 16.5. The molecule has 2 aromatic heterocycles. The largest absolute Gasteiger partial charge is 0.481 e. The smallest absolute Gasteiger partial charge is 0.216 e. The molecule has 7 heteroatoms. The SMILES string of the molecule is COc1ccnc(C2CCC(OCC3(c4nc(CO)co4)CCCC3)CC2)n1. The fourth-order valence-corrected chi connectivity index (χ4v) is 4.53. The Morgan fingerprint density at radius 3 is 2.64 bits per heavy atom. The maximum atomic E-state index is 9.29. The van der Waals surface area contributed by atoms with Crippen molar-refractivity contribution in [2.45, 2.75) is 75.4 Å². The van der Waals surface area contributed by atoms with E-state index < -0.39 is 0 Å². The molecular weight excluding hydrogens is 358 g/mol. The first-order valence-electron chi connectivity index (χ1n) is 10.3. The zero-order chi connectivity index (χ0) is 19.4. The van der Waals surface area contributed by atoms with Gasteiger partial charge in [0.25, 0.3) is 0 Å². The summed E-state index contributed by atoms with van der Waals surface area (Å²) in [5.41, 5.74) is 0.459. The zero-order valence-corrected chi connectivity index (χ0v) is 16.5. The van der Waals surface area contributed by atoms with Crippen molar-refractivity contribution in [3.05, 3.63) is 35.9 Å². The van der Waals surface area contributed by atoms with Gasteiger partial charge in [-0.2, -0.15) is 4.98 Å². The number of rotatable bonds is 7. The van der Waals surface area contributed by atoms with Gasteiger partial charge in [-0.3, -0.25) is 0 Å². The molecule has 0 unspecified atom stereocenters. The summed E-state index contributed by atoms with van der Waals surface area (Å²) in [5, 5.41) is 9.29. The Morgan fingerprint density at radius 1 is 1.18 bits per heavy atom. The van der Waals surface area contributed by atoms with Crippen molar-refractivity contribution in [3.8, 4) is 5.88 Å². The standard InChI is InChI=1S/C21H29N3O4/c1-26-18-8-11-22-19(24-18)15-4-6-17(7-5-15)28-14-21(9-2-3-10-21)20-23-16(12-25)13-27-20/h8,11,13,15,17,25H,2-7,9-10,12,14H2,1H3. The highest BCUT2D eigenvalue weighted by Gasteiger charge is 2.41. The summed E-state index contributed by atoms with van der Waals surface area (Å²) in [6, 6.07) is 1.78. The van der Waals surface area contributed by atoms with Gasteiger partial charge in [0.1, 0.15) is 17.8 Å². The minimum atomic E-state index is -0.139. The van der Waals surface area contributed by atoms with Crippen molar-refractivity contribution in [1.29, 1.82) is 0 Å². The van der Waals surface area contributed by atoms with Crippen LogP contribution in [0.5, 0.6) is 5.88 Å². The lowest BCUT2D eigenvalue weighted by molar-refractivity contribution is -0.0100. The van der Waals surface area contributed by atoms with E-state index in [0.717, 1.165) is 50.2 Å². The third kappa shape index (κ3) is 4.05. The van der Waals surface area contributed by atoms with Crippen LogP contribution in [0.15, 0.2) is 22.9 Å². The first-order valence-corrected chi connectivity index (χ1v) is 10.3. The molecule has 2 aromatic rings. The van der Waals surface area contributed by atoms with E-state index in [-0.39, 0.29) is 18.1 Å². The van der Waals surface area contributed by atoms with Crippen LogP contribution in [0, 0.1) is 0 Å². The topological polar surface area (TPSA) is 90.5 Å². The van der Waals surface area contributed by atoms with Gasteiger partial charge in [-0.25, -0.2) is 9.97 Å². The average molecular weight is 387 g/mol. The second-order valence-corrected chi connectivity index (χ2v) is 8.03. The van der Waals surface area contributed by atoms with Gasteiger partial charge in [-0.15, -0.1) is 0 Å². The molecule has 2 aliphatic rings. The molecule has 0 spiro atoms. The van der Waals surface area contributed by atoms with E-state index in [4.69, 9.17) is 13.9 Å². The minimum absolute atomic E-state index is 0.0865. The number of aliphatic hydroxyl groups excluding tert-OH is 1. The summed E-state index contributed by atoms with van der Waals surface area (Å²) in [7, 11) is 1.63. The molecule has 2 saturated carbocycles. The molecule has 1 N–H and O–H groups in total. The summed E-state index contributed by atoms with van der Waals surface area (Å²) in [6.45, 7) is 0.556. The Labute approximate surface area is 165 Å². The third-order valence-corrected chi connectivity index (χ3v) is 6.22. The summed E-state index contributed by atoms with van der Waals surface area (Å²) in [4.78, 5) is 13.4. The number of hydrogen-bond donors (Lipinski definition) is 1. The van der Waals surface area contributed by atoms with Crippen LogP contribution in [-0.2, 0) is 16.8 Å². The van der Waals surface area contributed by atoms with Gasteiger partial charge in [-0.05, 0) is 38.5 Å². The number of nitrogens with zero attached hydrogens (tertiary/aromatic N) is 3. The highest BCUT2D eigenvalue weighted by Crippen LogP contribution is 2.42. The Kier molecular flexibility index (Phi) is 5.92. The lowest BCUT2D eigenvalue weighted by Gasteiger charge is -2.32. The van der Waals surface area contributed by atoms with Crippen molar-refractivity contribution in [3.63, 3.8) is 0 Å². The fourth-order valence-electron chi connectivity index (χ4n) is 4.53. The lowest BCUT2D eigenvalue weighted by atomic mass is 9.85. The summed E-state index contributed by atoms with van der Waals surface area (Å²) in [5.74, 6) is 2.60. The van der Waals surface area contributed by atoms with Crippen molar-refractivity contribution < 1.29 is 19.0 Å². The second-order valence-electron chi connectivity index (χ2n) is 8.03. The number of oxazole rings is 1. The minimum Gasteiger partial charge on any atom is -0.481 e.